The van der Waals surface area contributed by atoms with E-state index in [0.717, 1.165) is 41.0 Å². The quantitative estimate of drug-likeness (QED) is 0.270. The van der Waals surface area contributed by atoms with Crippen molar-refractivity contribution in [2.24, 2.45) is 0 Å². The zero-order valence-corrected chi connectivity index (χ0v) is 21.0. The van der Waals surface area contributed by atoms with Gasteiger partial charge < -0.3 is 10.0 Å². The van der Waals surface area contributed by atoms with Gasteiger partial charge >= 0.3 is 0 Å². The number of nitrogens with zero attached hydrogens (tertiary/aromatic N) is 2. The van der Waals surface area contributed by atoms with Crippen LogP contribution in [0.1, 0.15) is 47.7 Å². The van der Waals surface area contributed by atoms with Crippen molar-refractivity contribution in [3.05, 3.63) is 100 Å². The molecule has 0 bridgehead atoms. The maximum atomic E-state index is 13.4. The van der Waals surface area contributed by atoms with Gasteiger partial charge in [0, 0.05) is 30.0 Å². The Kier molecular flexibility index (Phi) is 6.79. The highest BCUT2D eigenvalue weighted by Gasteiger charge is 2.47. The van der Waals surface area contributed by atoms with E-state index in [9.17, 15) is 14.7 Å². The summed E-state index contributed by atoms with van der Waals surface area (Å²) in [5.74, 6) is -1.47. The van der Waals surface area contributed by atoms with E-state index in [1.54, 1.807) is 12.1 Å². The average molecular weight is 469 g/mol. The minimum absolute atomic E-state index is 0.106. The second-order valence-corrected chi connectivity index (χ2v) is 9.09. The Morgan fingerprint density at radius 2 is 1.46 bits per heavy atom. The number of hydrogen-bond donors (Lipinski definition) is 1. The Bertz CT molecular complexity index is 1290. The van der Waals surface area contributed by atoms with Crippen LogP contribution in [0.25, 0.3) is 5.76 Å². The number of Topliss-reactive ketones (excluding diaryl/α,β-unsaturated/α-hetero) is 1. The van der Waals surface area contributed by atoms with E-state index in [2.05, 4.69) is 18.7 Å². The summed E-state index contributed by atoms with van der Waals surface area (Å²) in [7, 11) is 0. The zero-order valence-electron chi connectivity index (χ0n) is 21.0. The number of aliphatic hydroxyl groups excluding tert-OH is 1. The maximum Gasteiger partial charge on any atom is 0.300 e. The van der Waals surface area contributed by atoms with Gasteiger partial charge in [0.2, 0.25) is 0 Å². The van der Waals surface area contributed by atoms with Gasteiger partial charge in [-0.15, -0.1) is 0 Å². The van der Waals surface area contributed by atoms with Crippen LogP contribution in [0.5, 0.6) is 0 Å². The minimum atomic E-state index is -0.733. The monoisotopic (exact) mass is 468 g/mol. The molecule has 0 spiro atoms. The maximum absolute atomic E-state index is 13.4. The highest BCUT2D eigenvalue weighted by atomic mass is 16.3. The van der Waals surface area contributed by atoms with Crippen LogP contribution in [0.4, 0.5) is 11.4 Å². The molecule has 5 heteroatoms. The lowest BCUT2D eigenvalue weighted by Gasteiger charge is -2.28. The first-order valence-corrected chi connectivity index (χ1v) is 12.1. The zero-order chi connectivity index (χ0) is 25.3. The van der Waals surface area contributed by atoms with E-state index in [1.165, 1.54) is 4.90 Å². The van der Waals surface area contributed by atoms with Gasteiger partial charge in [-0.05, 0) is 63.9 Å². The van der Waals surface area contributed by atoms with Gasteiger partial charge in [0.05, 0.1) is 11.6 Å². The molecule has 0 aromatic heterocycles. The third-order valence-corrected chi connectivity index (χ3v) is 6.72. The molecule has 1 unspecified atom stereocenters. The largest absolute Gasteiger partial charge is 0.507 e. The molecule has 1 heterocycles. The van der Waals surface area contributed by atoms with Crippen LogP contribution >= 0.6 is 0 Å². The number of aliphatic hydroxyl groups is 1. The molecule has 35 heavy (non-hydrogen) atoms. The number of ketones is 1. The fraction of sp³-hybridized carbons (Fsp3) is 0.267. The summed E-state index contributed by atoms with van der Waals surface area (Å²) in [5, 5.41) is 11.3. The number of amides is 1. The molecule has 3 aromatic rings. The Morgan fingerprint density at radius 1 is 0.857 bits per heavy atom. The van der Waals surface area contributed by atoms with E-state index in [1.807, 2.05) is 75.4 Å². The van der Waals surface area contributed by atoms with Gasteiger partial charge in [0.1, 0.15) is 5.76 Å². The van der Waals surface area contributed by atoms with Crippen molar-refractivity contribution in [1.29, 1.82) is 0 Å². The van der Waals surface area contributed by atoms with Crippen LogP contribution in [0.15, 0.2) is 72.3 Å². The summed E-state index contributed by atoms with van der Waals surface area (Å²) in [4.78, 5) is 30.6. The van der Waals surface area contributed by atoms with Crippen LogP contribution in [0, 0.1) is 20.8 Å². The molecule has 0 saturated carbocycles. The molecule has 0 aliphatic carbocycles. The normalized spacial score (nSPS) is 17.2. The molecule has 5 nitrogen and oxygen atoms in total. The molecule has 1 saturated heterocycles. The summed E-state index contributed by atoms with van der Waals surface area (Å²) in [6, 6.07) is 20.3. The summed E-state index contributed by atoms with van der Waals surface area (Å²) < 4.78 is 0. The van der Waals surface area contributed by atoms with E-state index in [-0.39, 0.29) is 11.3 Å². The van der Waals surface area contributed by atoms with E-state index >= 15 is 0 Å². The van der Waals surface area contributed by atoms with Crippen molar-refractivity contribution in [2.75, 3.05) is 22.9 Å². The fourth-order valence-electron chi connectivity index (χ4n) is 4.80. The van der Waals surface area contributed by atoms with Crippen LogP contribution < -0.4 is 9.80 Å². The third kappa shape index (κ3) is 4.46. The van der Waals surface area contributed by atoms with E-state index in [4.69, 9.17) is 0 Å². The second kappa shape index (κ2) is 9.79. The van der Waals surface area contributed by atoms with Gasteiger partial charge in [-0.1, -0.05) is 59.7 Å². The van der Waals surface area contributed by atoms with Gasteiger partial charge in [-0.3, -0.25) is 14.5 Å². The van der Waals surface area contributed by atoms with Gasteiger partial charge in [-0.2, -0.15) is 0 Å². The number of anilines is 2. The molecule has 1 amide bonds. The van der Waals surface area contributed by atoms with Gasteiger partial charge in [0.15, 0.2) is 0 Å². The molecule has 0 radical (unpaired) electrons. The number of benzene rings is 3. The lowest BCUT2D eigenvalue weighted by Crippen LogP contribution is -2.30. The standard InChI is InChI=1S/C30H32N2O3/c1-6-31(7-2)24-15-13-22(14-16-24)27-26(28(33)23-11-8-19(3)9-12-23)29(34)30(35)32(27)25-17-10-20(4)18-21(25)5/h8-18,27,33H,6-7H2,1-5H3/b28-26+. The molecule has 180 valence electrons. The average Bonchev–Trinajstić information content (AvgIpc) is 3.11. The molecule has 1 atom stereocenters. The van der Waals surface area contributed by atoms with E-state index in [0.29, 0.717) is 11.3 Å². The third-order valence-electron chi connectivity index (χ3n) is 6.72. The first kappa shape index (κ1) is 24.3. The summed E-state index contributed by atoms with van der Waals surface area (Å²) in [6.45, 7) is 11.9. The van der Waals surface area contributed by atoms with Crippen molar-refractivity contribution < 1.29 is 14.7 Å². The van der Waals surface area contributed by atoms with Gasteiger partial charge in [0.25, 0.3) is 11.7 Å². The van der Waals surface area contributed by atoms with Crippen molar-refractivity contribution in [3.8, 4) is 0 Å². The summed E-state index contributed by atoms with van der Waals surface area (Å²) in [5.41, 5.74) is 6.14. The number of aryl methyl sites for hydroxylation is 3. The Hall–Kier alpha value is -3.86. The Labute approximate surface area is 207 Å². The molecular weight excluding hydrogens is 436 g/mol. The Balaban J connectivity index is 1.92. The summed E-state index contributed by atoms with van der Waals surface area (Å²) >= 11 is 0. The van der Waals surface area contributed by atoms with E-state index < -0.39 is 17.7 Å². The molecule has 1 aliphatic rings. The molecular formula is C30H32N2O3. The van der Waals surface area contributed by atoms with Crippen LogP contribution in [0.3, 0.4) is 0 Å². The molecule has 1 N–H and O–H groups in total. The minimum Gasteiger partial charge on any atom is -0.507 e. The van der Waals surface area contributed by atoms with Gasteiger partial charge in [-0.25, -0.2) is 0 Å². The van der Waals surface area contributed by atoms with Crippen LogP contribution in [0.2, 0.25) is 0 Å². The predicted octanol–water partition coefficient (Wildman–Crippen LogP) is 6.08. The predicted molar refractivity (Wildman–Crippen MR) is 142 cm³/mol. The van der Waals surface area contributed by atoms with Crippen molar-refractivity contribution in [1.82, 2.24) is 0 Å². The number of rotatable bonds is 6. The summed E-state index contributed by atoms with van der Waals surface area (Å²) in [6.07, 6.45) is 0. The smallest absolute Gasteiger partial charge is 0.300 e. The fourth-order valence-corrected chi connectivity index (χ4v) is 4.80. The van der Waals surface area contributed by atoms with Crippen molar-refractivity contribution in [3.63, 3.8) is 0 Å². The molecule has 1 aliphatic heterocycles. The van der Waals surface area contributed by atoms with Crippen LogP contribution in [-0.4, -0.2) is 29.9 Å². The number of hydrogen-bond acceptors (Lipinski definition) is 4. The highest BCUT2D eigenvalue weighted by molar-refractivity contribution is 6.51. The van der Waals surface area contributed by atoms with Crippen molar-refractivity contribution in [2.45, 2.75) is 40.7 Å². The lowest BCUT2D eigenvalue weighted by atomic mass is 9.94. The molecule has 4 rings (SSSR count). The number of carbonyl (C=O) groups excluding carboxylic acids is 2. The Morgan fingerprint density at radius 3 is 2.03 bits per heavy atom. The van der Waals surface area contributed by atoms with Crippen molar-refractivity contribution >= 4 is 28.8 Å². The SMILES string of the molecule is CCN(CC)c1ccc(C2/C(=C(\O)c3ccc(C)cc3)C(=O)C(=O)N2c2ccc(C)cc2C)cc1. The van der Waals surface area contributed by atoms with Crippen LogP contribution in [-0.2, 0) is 9.59 Å². The lowest BCUT2D eigenvalue weighted by molar-refractivity contribution is -0.132. The topological polar surface area (TPSA) is 60.9 Å². The number of carbonyl (C=O) groups is 2. The first-order valence-electron chi connectivity index (χ1n) is 12.1. The highest BCUT2D eigenvalue weighted by Crippen LogP contribution is 2.43. The first-order chi connectivity index (χ1) is 16.8. The molecule has 1 fully saturated rings. The molecule has 3 aromatic carbocycles. The second-order valence-electron chi connectivity index (χ2n) is 9.09.